The Balaban J connectivity index is 0.000000379. The van der Waals surface area contributed by atoms with Gasteiger partial charge >= 0.3 is 6.01 Å². The summed E-state index contributed by atoms with van der Waals surface area (Å²) in [6.07, 6.45) is 8.48. The van der Waals surface area contributed by atoms with Crippen molar-refractivity contribution in [2.45, 2.75) is 77.6 Å². The van der Waals surface area contributed by atoms with Gasteiger partial charge in [-0.2, -0.15) is 21.7 Å². The van der Waals surface area contributed by atoms with Crippen molar-refractivity contribution in [1.82, 2.24) is 15.3 Å². The second kappa shape index (κ2) is 17.4. The fourth-order valence-corrected chi connectivity index (χ4v) is 6.32. The monoisotopic (exact) mass is 597 g/mol. The van der Waals surface area contributed by atoms with Gasteiger partial charge in [-0.1, -0.05) is 64.8 Å². The minimum Gasteiger partial charge on any atom is -0.508 e. The maximum Gasteiger partial charge on any atom is 0.318 e. The highest BCUT2D eigenvalue weighted by Gasteiger charge is 2.30. The van der Waals surface area contributed by atoms with Crippen molar-refractivity contribution in [3.8, 4) is 11.8 Å². The summed E-state index contributed by atoms with van der Waals surface area (Å²) in [6, 6.07) is 12.0. The molecule has 3 N–H and O–H groups in total. The number of aromatic hydroxyl groups is 1. The number of phenols is 1. The Labute approximate surface area is 256 Å². The van der Waals surface area contributed by atoms with Crippen LogP contribution in [-0.4, -0.2) is 77.6 Å². The van der Waals surface area contributed by atoms with Crippen LogP contribution in [0.15, 0.2) is 36.4 Å². The molecule has 0 saturated carbocycles. The van der Waals surface area contributed by atoms with Gasteiger partial charge in [0.15, 0.2) is 0 Å². The molecular weight excluding hydrogens is 546 g/mol. The van der Waals surface area contributed by atoms with Crippen LogP contribution >= 0.6 is 11.8 Å². The third-order valence-corrected chi connectivity index (χ3v) is 9.11. The lowest BCUT2D eigenvalue weighted by atomic mass is 10.0. The standard InChI is InChI=1S/C23H27N5O3.C8H18S.C2H6/c1-31-23-25-20-13-27(21-11-17(30)10-15-4-2-3-5-18(15)21)8-6-19(20)22(26-23)28-9-7-24-12-16(28)14-29;1-4-6-7-8(5-2)9-3;1-2/h2-5,10-11,16,24,29-30H,6-9,12-14H2,1H3;8H,4-7H2,1-3H3;1-2H3. The third-order valence-electron chi connectivity index (χ3n) is 7.87. The van der Waals surface area contributed by atoms with Crippen molar-refractivity contribution in [3.63, 3.8) is 0 Å². The number of anilines is 2. The van der Waals surface area contributed by atoms with Crippen LogP contribution in [0.5, 0.6) is 11.8 Å². The van der Waals surface area contributed by atoms with E-state index in [2.05, 4.69) is 51.3 Å². The van der Waals surface area contributed by atoms with Gasteiger partial charge in [0.2, 0.25) is 0 Å². The Bertz CT molecular complexity index is 1240. The molecular formula is C33H51N5O3S. The first-order valence-electron chi connectivity index (χ1n) is 15.5. The molecule has 232 valence electrons. The van der Waals surface area contributed by atoms with E-state index >= 15 is 0 Å². The summed E-state index contributed by atoms with van der Waals surface area (Å²) in [4.78, 5) is 13.8. The highest BCUT2D eigenvalue weighted by molar-refractivity contribution is 7.99. The van der Waals surface area contributed by atoms with E-state index in [9.17, 15) is 10.2 Å². The number of nitrogens with one attached hydrogen (secondary N) is 1. The first-order chi connectivity index (χ1) is 20.5. The van der Waals surface area contributed by atoms with E-state index in [4.69, 9.17) is 4.74 Å². The number of thioether (sulfide) groups is 1. The molecule has 2 aliphatic heterocycles. The molecule has 1 aromatic heterocycles. The van der Waals surface area contributed by atoms with E-state index in [1.807, 2.05) is 49.9 Å². The molecule has 2 unspecified atom stereocenters. The molecule has 5 rings (SSSR count). The number of phenolic OH excluding ortho intramolecular Hbond substituents is 1. The number of rotatable bonds is 9. The first kappa shape index (κ1) is 33.7. The van der Waals surface area contributed by atoms with E-state index < -0.39 is 0 Å². The van der Waals surface area contributed by atoms with Crippen LogP contribution in [0.4, 0.5) is 11.5 Å². The zero-order chi connectivity index (χ0) is 30.5. The number of nitrogens with zero attached hydrogens (tertiary/aromatic N) is 4. The number of benzene rings is 2. The first-order valence-corrected chi connectivity index (χ1v) is 16.8. The molecule has 0 radical (unpaired) electrons. The van der Waals surface area contributed by atoms with Gasteiger partial charge in [-0.3, -0.25) is 0 Å². The van der Waals surface area contributed by atoms with Crippen molar-refractivity contribution < 1.29 is 14.9 Å². The van der Waals surface area contributed by atoms with E-state index in [0.29, 0.717) is 12.6 Å². The number of aliphatic hydroxyl groups is 1. The average molecular weight is 598 g/mol. The normalized spacial score (nSPS) is 17.0. The fourth-order valence-electron chi connectivity index (χ4n) is 5.58. The predicted octanol–water partition coefficient (Wildman–Crippen LogP) is 6.02. The fraction of sp³-hybridized carbons (Fsp3) is 0.576. The molecule has 8 nitrogen and oxygen atoms in total. The lowest BCUT2D eigenvalue weighted by Gasteiger charge is -2.39. The quantitative estimate of drug-likeness (QED) is 0.274. The minimum atomic E-state index is -0.0227. The molecule has 0 amide bonds. The zero-order valence-corrected chi connectivity index (χ0v) is 27.2. The molecule has 0 spiro atoms. The Morgan fingerprint density at radius 1 is 1.14 bits per heavy atom. The topological polar surface area (TPSA) is 94.0 Å². The van der Waals surface area contributed by atoms with Crippen molar-refractivity contribution in [2.75, 3.05) is 56.0 Å². The summed E-state index contributed by atoms with van der Waals surface area (Å²) >= 11 is 2.01. The number of aliphatic hydroxyl groups excluding tert-OH is 1. The maximum absolute atomic E-state index is 10.3. The van der Waals surface area contributed by atoms with Crippen LogP contribution in [0.2, 0.25) is 0 Å². The van der Waals surface area contributed by atoms with Gasteiger partial charge in [-0.15, -0.1) is 0 Å². The van der Waals surface area contributed by atoms with E-state index in [0.717, 1.165) is 71.4 Å². The van der Waals surface area contributed by atoms with Crippen LogP contribution in [-0.2, 0) is 13.0 Å². The van der Waals surface area contributed by atoms with Crippen LogP contribution in [0, 0.1) is 0 Å². The summed E-state index contributed by atoms with van der Waals surface area (Å²) in [5.74, 6) is 1.12. The summed E-state index contributed by atoms with van der Waals surface area (Å²) in [7, 11) is 1.58. The van der Waals surface area contributed by atoms with Crippen LogP contribution in [0.25, 0.3) is 10.8 Å². The molecule has 3 heterocycles. The van der Waals surface area contributed by atoms with Gasteiger partial charge < -0.3 is 30.1 Å². The second-order valence-electron chi connectivity index (χ2n) is 10.5. The lowest BCUT2D eigenvalue weighted by Crippen LogP contribution is -2.54. The molecule has 2 atom stereocenters. The second-order valence-corrected chi connectivity index (χ2v) is 11.6. The van der Waals surface area contributed by atoms with E-state index in [1.165, 1.54) is 25.7 Å². The van der Waals surface area contributed by atoms with Crippen molar-refractivity contribution in [2.24, 2.45) is 0 Å². The molecule has 9 heteroatoms. The van der Waals surface area contributed by atoms with Crippen LogP contribution in [0.3, 0.4) is 0 Å². The Kier molecular flexibility index (Phi) is 14.0. The molecule has 0 aliphatic carbocycles. The van der Waals surface area contributed by atoms with Crippen LogP contribution < -0.4 is 19.9 Å². The summed E-state index contributed by atoms with van der Waals surface area (Å²) < 4.78 is 5.43. The summed E-state index contributed by atoms with van der Waals surface area (Å²) in [5, 5.41) is 26.5. The molecule has 0 bridgehead atoms. The Morgan fingerprint density at radius 2 is 1.93 bits per heavy atom. The molecule has 2 aliphatic rings. The highest BCUT2D eigenvalue weighted by Crippen LogP contribution is 2.36. The Hall–Kier alpha value is -2.75. The largest absolute Gasteiger partial charge is 0.508 e. The summed E-state index contributed by atoms with van der Waals surface area (Å²) in [6.45, 7) is 12.3. The predicted molar refractivity (Wildman–Crippen MR) is 179 cm³/mol. The van der Waals surface area contributed by atoms with Gasteiger partial charge in [-0.05, 0) is 37.0 Å². The average Bonchev–Trinajstić information content (AvgIpc) is 3.05. The number of aromatic nitrogens is 2. The molecule has 1 saturated heterocycles. The number of hydrogen-bond acceptors (Lipinski definition) is 9. The molecule has 2 aromatic carbocycles. The third kappa shape index (κ3) is 8.42. The van der Waals surface area contributed by atoms with Crippen molar-refractivity contribution in [1.29, 1.82) is 0 Å². The van der Waals surface area contributed by atoms with Gasteiger partial charge in [0, 0.05) is 54.1 Å². The number of fused-ring (bicyclic) bond motifs is 2. The van der Waals surface area contributed by atoms with Gasteiger partial charge in [-0.25, -0.2) is 0 Å². The lowest BCUT2D eigenvalue weighted by molar-refractivity contribution is 0.245. The van der Waals surface area contributed by atoms with Gasteiger partial charge in [0.05, 0.1) is 32.0 Å². The van der Waals surface area contributed by atoms with Gasteiger partial charge in [0.1, 0.15) is 11.6 Å². The molecule has 1 fully saturated rings. The van der Waals surface area contributed by atoms with Crippen molar-refractivity contribution in [3.05, 3.63) is 47.7 Å². The zero-order valence-electron chi connectivity index (χ0n) is 26.4. The highest BCUT2D eigenvalue weighted by atomic mass is 32.2. The number of methoxy groups -OCH3 is 1. The smallest absolute Gasteiger partial charge is 0.318 e. The maximum atomic E-state index is 10.3. The van der Waals surface area contributed by atoms with E-state index in [1.54, 1.807) is 13.2 Å². The Morgan fingerprint density at radius 3 is 2.62 bits per heavy atom. The SMILES string of the molecule is CC.CCCCC(CC)SC.COc1nc2c(c(N3CCNCC3CO)n1)CCN(c1cc(O)cc3ccccc13)C2. The van der Waals surface area contributed by atoms with E-state index in [-0.39, 0.29) is 18.4 Å². The number of ether oxygens (including phenoxy) is 1. The number of piperazine rings is 1. The van der Waals surface area contributed by atoms with Crippen LogP contribution in [0.1, 0.15) is 64.6 Å². The van der Waals surface area contributed by atoms with Gasteiger partial charge in [0.25, 0.3) is 0 Å². The minimum absolute atomic E-state index is 0.0227. The summed E-state index contributed by atoms with van der Waals surface area (Å²) in [5.41, 5.74) is 3.04. The number of hydrogen-bond donors (Lipinski definition) is 3. The number of unbranched alkanes of at least 4 members (excludes halogenated alkanes) is 1. The molecule has 3 aromatic rings. The molecule has 42 heavy (non-hydrogen) atoms. The van der Waals surface area contributed by atoms with Crippen molar-refractivity contribution >= 4 is 34.0 Å².